The number of aliphatic hydroxyl groups excluding tert-OH is 1. The van der Waals surface area contributed by atoms with Crippen LogP contribution >= 0.6 is 0 Å². The Kier molecular flexibility index (Phi) is 6.60. The molecular weight excluding hydrogens is 391 g/mol. The first-order chi connectivity index (χ1) is 13.1. The molecule has 0 radical (unpaired) electrons. The summed E-state index contributed by atoms with van der Waals surface area (Å²) in [5, 5.41) is 13.2. The van der Waals surface area contributed by atoms with Crippen molar-refractivity contribution in [3.63, 3.8) is 0 Å². The van der Waals surface area contributed by atoms with E-state index < -0.39 is 48.6 Å². The van der Waals surface area contributed by atoms with Crippen molar-refractivity contribution in [3.05, 3.63) is 47.8 Å². The van der Waals surface area contributed by atoms with E-state index in [2.05, 4.69) is 9.84 Å². The summed E-state index contributed by atoms with van der Waals surface area (Å²) in [6.07, 6.45) is -6.17. The molecule has 2 aromatic rings. The van der Waals surface area contributed by atoms with Crippen molar-refractivity contribution >= 4 is 5.97 Å². The number of ether oxygens (including phenoxy) is 2. The van der Waals surface area contributed by atoms with Gasteiger partial charge in [-0.15, -0.1) is 0 Å². The monoisotopic (exact) mass is 408 g/mol. The third-order valence-electron chi connectivity index (χ3n) is 3.61. The summed E-state index contributed by atoms with van der Waals surface area (Å²) in [5.41, 5.74) is -0.807. The summed E-state index contributed by atoms with van der Waals surface area (Å²) in [5.74, 6) is -5.96. The zero-order valence-electron chi connectivity index (χ0n) is 14.6. The first-order valence-corrected chi connectivity index (χ1v) is 8.08. The highest BCUT2D eigenvalue weighted by Crippen LogP contribution is 2.38. The average molecular weight is 408 g/mol. The standard InChI is InChI=1S/C17H17F5N2O4/c1-2-27-15(26)14(25)17(21,22)12-5-3-4-6-13(12)28-9-11-7-8-23-24(11)10-16(18,19)20/h3-8,14,25H,2,9-10H2,1H3/t14-/m1/s1. The fourth-order valence-electron chi connectivity index (χ4n) is 2.33. The number of carbonyl (C=O) groups excluding carboxylic acids is 1. The van der Waals surface area contributed by atoms with E-state index in [-0.39, 0.29) is 12.3 Å². The van der Waals surface area contributed by atoms with E-state index in [1.807, 2.05) is 0 Å². The highest BCUT2D eigenvalue weighted by molar-refractivity contribution is 5.76. The fraction of sp³-hybridized carbons (Fsp3) is 0.412. The maximum absolute atomic E-state index is 14.6. The van der Waals surface area contributed by atoms with Crippen LogP contribution in [0, 0.1) is 0 Å². The lowest BCUT2D eigenvalue weighted by atomic mass is 10.0. The van der Waals surface area contributed by atoms with Gasteiger partial charge in [-0.25, -0.2) is 4.79 Å². The number of esters is 1. The summed E-state index contributed by atoms with van der Waals surface area (Å²) in [4.78, 5) is 11.5. The Hall–Kier alpha value is -2.69. The van der Waals surface area contributed by atoms with E-state index in [0.717, 1.165) is 18.3 Å². The SMILES string of the molecule is CCOC(=O)[C@@H](O)C(F)(F)c1ccccc1OCc1ccnn1CC(F)(F)F. The van der Waals surface area contributed by atoms with Crippen LogP contribution in [0.5, 0.6) is 5.75 Å². The van der Waals surface area contributed by atoms with Gasteiger partial charge in [-0.1, -0.05) is 12.1 Å². The van der Waals surface area contributed by atoms with Crippen LogP contribution < -0.4 is 4.74 Å². The molecule has 0 fully saturated rings. The van der Waals surface area contributed by atoms with Gasteiger partial charge in [0, 0.05) is 6.20 Å². The highest BCUT2D eigenvalue weighted by Gasteiger charge is 2.47. The van der Waals surface area contributed by atoms with Crippen LogP contribution in [0.25, 0.3) is 0 Å². The lowest BCUT2D eigenvalue weighted by Gasteiger charge is -2.23. The third kappa shape index (κ3) is 5.18. The van der Waals surface area contributed by atoms with Gasteiger partial charge >= 0.3 is 18.1 Å². The molecular formula is C17H17F5N2O4. The van der Waals surface area contributed by atoms with E-state index >= 15 is 0 Å². The second kappa shape index (κ2) is 8.55. The molecule has 154 valence electrons. The number of para-hydroxylation sites is 1. The summed E-state index contributed by atoms with van der Waals surface area (Å²) in [7, 11) is 0. The lowest BCUT2D eigenvalue weighted by Crippen LogP contribution is -2.39. The Balaban J connectivity index is 2.21. The molecule has 28 heavy (non-hydrogen) atoms. The van der Waals surface area contributed by atoms with Gasteiger partial charge in [-0.3, -0.25) is 4.68 Å². The Morgan fingerprint density at radius 2 is 1.89 bits per heavy atom. The molecule has 1 heterocycles. The first-order valence-electron chi connectivity index (χ1n) is 8.08. The van der Waals surface area contributed by atoms with Crippen LogP contribution in [-0.2, 0) is 28.6 Å². The van der Waals surface area contributed by atoms with Crippen molar-refractivity contribution in [2.45, 2.75) is 38.3 Å². The van der Waals surface area contributed by atoms with E-state index in [9.17, 15) is 31.9 Å². The van der Waals surface area contributed by atoms with E-state index in [1.54, 1.807) is 0 Å². The molecule has 0 aliphatic carbocycles. The minimum Gasteiger partial charge on any atom is -0.487 e. The van der Waals surface area contributed by atoms with Gasteiger partial charge in [0.1, 0.15) is 18.9 Å². The van der Waals surface area contributed by atoms with Gasteiger partial charge in [0.25, 0.3) is 0 Å². The quantitative estimate of drug-likeness (QED) is 0.537. The number of aliphatic hydroxyl groups is 1. The normalized spacial score (nSPS) is 13.2. The zero-order chi connectivity index (χ0) is 20.9. The maximum Gasteiger partial charge on any atom is 0.408 e. The largest absolute Gasteiger partial charge is 0.487 e. The van der Waals surface area contributed by atoms with Gasteiger partial charge in [0.2, 0.25) is 6.10 Å². The number of hydrogen-bond acceptors (Lipinski definition) is 5. The number of halogens is 5. The molecule has 11 heteroatoms. The molecule has 2 rings (SSSR count). The molecule has 0 aliphatic rings. The number of rotatable bonds is 8. The van der Waals surface area contributed by atoms with Crippen molar-refractivity contribution in [1.82, 2.24) is 9.78 Å². The Morgan fingerprint density at radius 3 is 2.54 bits per heavy atom. The van der Waals surface area contributed by atoms with Crippen LogP contribution in [0.15, 0.2) is 36.5 Å². The van der Waals surface area contributed by atoms with Crippen LogP contribution in [-0.4, -0.2) is 39.7 Å². The lowest BCUT2D eigenvalue weighted by molar-refractivity contribution is -0.179. The number of carbonyl (C=O) groups is 1. The predicted octanol–water partition coefficient (Wildman–Crippen LogP) is 3.04. The van der Waals surface area contributed by atoms with Gasteiger partial charge in [-0.2, -0.15) is 27.1 Å². The Labute approximate surface area is 156 Å². The van der Waals surface area contributed by atoms with Gasteiger partial charge in [0.15, 0.2) is 0 Å². The Bertz CT molecular complexity index is 807. The minimum atomic E-state index is -4.52. The number of nitrogens with zero attached hydrogens (tertiary/aromatic N) is 2. The molecule has 0 spiro atoms. The number of benzene rings is 1. The number of alkyl halides is 5. The first kappa shape index (κ1) is 21.6. The van der Waals surface area contributed by atoms with Crippen molar-refractivity contribution in [2.24, 2.45) is 0 Å². The molecule has 0 bridgehead atoms. The van der Waals surface area contributed by atoms with Crippen molar-refractivity contribution in [1.29, 1.82) is 0 Å². The van der Waals surface area contributed by atoms with Crippen molar-refractivity contribution < 1.29 is 41.3 Å². The van der Waals surface area contributed by atoms with Crippen molar-refractivity contribution in [3.8, 4) is 5.75 Å². The molecule has 0 saturated heterocycles. The molecule has 0 aliphatic heterocycles. The Morgan fingerprint density at radius 1 is 1.21 bits per heavy atom. The number of aromatic nitrogens is 2. The summed E-state index contributed by atoms with van der Waals surface area (Å²) >= 11 is 0. The summed E-state index contributed by atoms with van der Waals surface area (Å²) in [6.45, 7) is -0.659. The van der Waals surface area contributed by atoms with Crippen molar-refractivity contribution in [2.75, 3.05) is 6.61 Å². The summed E-state index contributed by atoms with van der Waals surface area (Å²) in [6, 6.07) is 5.93. The van der Waals surface area contributed by atoms with E-state index in [1.165, 1.54) is 25.1 Å². The van der Waals surface area contributed by atoms with Crippen LogP contribution in [0.4, 0.5) is 22.0 Å². The molecule has 6 nitrogen and oxygen atoms in total. The average Bonchev–Trinajstić information content (AvgIpc) is 3.04. The smallest absolute Gasteiger partial charge is 0.408 e. The molecule has 1 aromatic carbocycles. The molecule has 0 saturated carbocycles. The molecule has 1 N–H and O–H groups in total. The highest BCUT2D eigenvalue weighted by atomic mass is 19.4. The van der Waals surface area contributed by atoms with Gasteiger partial charge < -0.3 is 14.6 Å². The van der Waals surface area contributed by atoms with Gasteiger partial charge in [-0.05, 0) is 25.1 Å². The molecule has 0 unspecified atom stereocenters. The van der Waals surface area contributed by atoms with E-state index in [0.29, 0.717) is 4.68 Å². The number of hydrogen-bond donors (Lipinski definition) is 1. The van der Waals surface area contributed by atoms with Gasteiger partial charge in [0.05, 0.1) is 17.9 Å². The van der Waals surface area contributed by atoms with Crippen LogP contribution in [0.2, 0.25) is 0 Å². The maximum atomic E-state index is 14.6. The van der Waals surface area contributed by atoms with Crippen LogP contribution in [0.1, 0.15) is 18.2 Å². The molecule has 1 atom stereocenters. The minimum absolute atomic E-state index is 0.00128. The molecule has 0 amide bonds. The summed E-state index contributed by atoms with van der Waals surface area (Å²) < 4.78 is 77.0. The fourth-order valence-corrected chi connectivity index (χ4v) is 2.33. The predicted molar refractivity (Wildman–Crippen MR) is 85.6 cm³/mol. The second-order valence-electron chi connectivity index (χ2n) is 5.66. The molecule has 1 aromatic heterocycles. The van der Waals surface area contributed by atoms with E-state index in [4.69, 9.17) is 4.74 Å². The second-order valence-corrected chi connectivity index (χ2v) is 5.66. The third-order valence-corrected chi connectivity index (χ3v) is 3.61. The topological polar surface area (TPSA) is 73.6 Å². The zero-order valence-corrected chi connectivity index (χ0v) is 14.6. The van der Waals surface area contributed by atoms with Crippen LogP contribution in [0.3, 0.4) is 0 Å².